The molecule has 0 aliphatic rings. The summed E-state index contributed by atoms with van der Waals surface area (Å²) in [4.78, 5) is 29.4. The van der Waals surface area contributed by atoms with Crippen molar-refractivity contribution in [2.45, 2.75) is 96.1 Å². The summed E-state index contributed by atoms with van der Waals surface area (Å²) >= 11 is 0. The molecule has 0 bridgehead atoms. The van der Waals surface area contributed by atoms with Gasteiger partial charge in [0.1, 0.15) is 17.2 Å². The third kappa shape index (κ3) is 12.1. The van der Waals surface area contributed by atoms with Crippen molar-refractivity contribution < 1.29 is 33.0 Å². The molecule has 3 aromatic carbocycles. The summed E-state index contributed by atoms with van der Waals surface area (Å²) in [5.74, 6) is -0.350. The van der Waals surface area contributed by atoms with Gasteiger partial charge in [-0.25, -0.2) is 4.79 Å². The highest BCUT2D eigenvalue weighted by Crippen LogP contribution is 2.43. The van der Waals surface area contributed by atoms with Crippen molar-refractivity contribution >= 4 is 21.8 Å². The van der Waals surface area contributed by atoms with Crippen LogP contribution < -0.4 is 5.32 Å². The van der Waals surface area contributed by atoms with Gasteiger partial charge in [-0.1, -0.05) is 112 Å². The zero-order chi connectivity index (χ0) is 36.1. The van der Waals surface area contributed by atoms with E-state index in [0.29, 0.717) is 19.6 Å². The minimum atomic E-state index is -1.16. The molecule has 3 aromatic rings. The van der Waals surface area contributed by atoms with E-state index in [9.17, 15) is 9.59 Å². The first-order valence-electron chi connectivity index (χ1n) is 16.7. The molecule has 0 saturated carbocycles. The maximum atomic E-state index is 14.8. The standard InChI is InChI=1S/C39H54N2O7Si/c1-29(40-36(43)47-37(2,3)4)35(42)41(27-34(44-8)45-9)33(25-26-46-28-30-19-13-10-14-20-30)39(48-49-38(5,6)7,31-21-15-11-16-22-31)32-23-17-12-18-24-32/h10-24,29,33-34H,25-28H2,1-9H3,(H,40,43)/t29-,33-/m0/s1. The van der Waals surface area contributed by atoms with Crippen LogP contribution in [0.1, 0.15) is 71.6 Å². The SMILES string of the molecule is COC(CN(C(=O)[C@H](C)NC(=O)OC(C)(C)C)[C@@H](CCOCc1ccccc1)C(O[Si]C(C)(C)C)(c1ccccc1)c1ccccc1)OC. The first-order chi connectivity index (χ1) is 23.2. The normalized spacial score (nSPS) is 13.5. The summed E-state index contributed by atoms with van der Waals surface area (Å²) in [6.07, 6.45) is -1.07. The average Bonchev–Trinajstić information content (AvgIpc) is 3.06. The fraction of sp³-hybridized carbons (Fsp3) is 0.487. The molecule has 0 heterocycles. The molecule has 0 aromatic heterocycles. The van der Waals surface area contributed by atoms with E-state index in [2.05, 4.69) is 26.1 Å². The zero-order valence-corrected chi connectivity index (χ0v) is 31.5. The highest BCUT2D eigenvalue weighted by molar-refractivity contribution is 6.32. The molecule has 9 nitrogen and oxygen atoms in total. The van der Waals surface area contributed by atoms with E-state index >= 15 is 0 Å². The Bertz CT molecular complexity index is 1370. The van der Waals surface area contributed by atoms with Crippen LogP contribution in [-0.4, -0.2) is 78.0 Å². The Kier molecular flexibility index (Phi) is 15.0. The van der Waals surface area contributed by atoms with Gasteiger partial charge in [-0.15, -0.1) is 0 Å². The number of benzene rings is 3. The number of methoxy groups -OCH3 is 2. The quantitative estimate of drug-likeness (QED) is 0.0916. The summed E-state index contributed by atoms with van der Waals surface area (Å²) in [5, 5.41) is 2.56. The molecule has 0 saturated heterocycles. The third-order valence-electron chi connectivity index (χ3n) is 7.67. The maximum Gasteiger partial charge on any atom is 0.408 e. The van der Waals surface area contributed by atoms with Crippen molar-refractivity contribution in [2.24, 2.45) is 0 Å². The van der Waals surface area contributed by atoms with Gasteiger partial charge >= 0.3 is 6.09 Å². The van der Waals surface area contributed by atoms with Crippen molar-refractivity contribution in [3.8, 4) is 0 Å². The summed E-state index contributed by atoms with van der Waals surface area (Å²) < 4.78 is 30.4. The Morgan fingerprint density at radius 1 is 0.796 bits per heavy atom. The number of alkyl carbamates (subject to hydrolysis) is 1. The predicted octanol–water partition coefficient (Wildman–Crippen LogP) is 7.12. The van der Waals surface area contributed by atoms with Crippen LogP contribution in [0, 0.1) is 0 Å². The second-order valence-corrected chi connectivity index (χ2v) is 15.9. The van der Waals surface area contributed by atoms with Crippen LogP contribution in [-0.2, 0) is 40.4 Å². The smallest absolute Gasteiger partial charge is 0.408 e. The topological polar surface area (TPSA) is 95.6 Å². The molecule has 266 valence electrons. The number of rotatable bonds is 17. The predicted molar refractivity (Wildman–Crippen MR) is 193 cm³/mol. The lowest BCUT2D eigenvalue weighted by Crippen LogP contribution is -2.61. The summed E-state index contributed by atoms with van der Waals surface area (Å²) in [6, 6.07) is 28.3. The lowest BCUT2D eigenvalue weighted by atomic mass is 9.77. The molecule has 2 radical (unpaired) electrons. The molecule has 0 aliphatic heterocycles. The minimum Gasteiger partial charge on any atom is -0.444 e. The van der Waals surface area contributed by atoms with Crippen LogP contribution in [0.2, 0.25) is 5.04 Å². The molecule has 49 heavy (non-hydrogen) atoms. The second-order valence-electron chi connectivity index (χ2n) is 14.0. The molecule has 3 rings (SSSR count). The molecular formula is C39H54N2O7Si. The van der Waals surface area contributed by atoms with Crippen LogP contribution in [0.15, 0.2) is 91.0 Å². The summed E-state index contributed by atoms with van der Waals surface area (Å²) in [7, 11) is 3.13. The van der Waals surface area contributed by atoms with Gasteiger partial charge in [0.15, 0.2) is 6.29 Å². The maximum absolute atomic E-state index is 14.8. The van der Waals surface area contributed by atoms with Crippen molar-refractivity contribution in [2.75, 3.05) is 27.4 Å². The lowest BCUT2D eigenvalue weighted by Gasteiger charge is -2.48. The average molecular weight is 691 g/mol. The molecule has 10 heteroatoms. The molecule has 0 aliphatic carbocycles. The zero-order valence-electron chi connectivity index (χ0n) is 30.5. The van der Waals surface area contributed by atoms with Gasteiger partial charge < -0.3 is 33.6 Å². The van der Waals surface area contributed by atoms with Crippen LogP contribution in [0.3, 0.4) is 0 Å². The third-order valence-corrected chi connectivity index (χ3v) is 8.71. The highest BCUT2D eigenvalue weighted by atomic mass is 28.2. The van der Waals surface area contributed by atoms with E-state index in [0.717, 1.165) is 16.7 Å². The number of carbonyl (C=O) groups excluding carboxylic acids is 2. The highest BCUT2D eigenvalue weighted by Gasteiger charge is 2.49. The number of hydrogen-bond acceptors (Lipinski definition) is 7. The number of nitrogens with zero attached hydrogens (tertiary/aromatic N) is 1. The molecular weight excluding hydrogens is 637 g/mol. The Morgan fingerprint density at radius 3 is 1.78 bits per heavy atom. The first kappa shape index (κ1) is 39.9. The van der Waals surface area contributed by atoms with Gasteiger partial charge in [0.25, 0.3) is 0 Å². The van der Waals surface area contributed by atoms with Gasteiger partial charge in [-0.2, -0.15) is 0 Å². The Balaban J connectivity index is 2.23. The Hall–Kier alpha value is -3.54. The first-order valence-corrected chi connectivity index (χ1v) is 17.6. The van der Waals surface area contributed by atoms with E-state index in [-0.39, 0.29) is 27.3 Å². The number of amides is 2. The lowest BCUT2D eigenvalue weighted by molar-refractivity contribution is -0.159. The second kappa shape index (κ2) is 18.5. The molecule has 0 spiro atoms. The van der Waals surface area contributed by atoms with Crippen molar-refractivity contribution in [3.63, 3.8) is 0 Å². The van der Waals surface area contributed by atoms with E-state index in [1.54, 1.807) is 32.6 Å². The van der Waals surface area contributed by atoms with Gasteiger partial charge in [0.05, 0.1) is 19.2 Å². The van der Waals surface area contributed by atoms with E-state index in [4.69, 9.17) is 23.4 Å². The molecule has 2 atom stereocenters. The fourth-order valence-corrected chi connectivity index (χ4v) is 6.29. The van der Waals surface area contributed by atoms with E-state index in [1.807, 2.05) is 91.0 Å². The molecule has 1 N–H and O–H groups in total. The van der Waals surface area contributed by atoms with E-state index in [1.165, 1.54) is 14.2 Å². The number of hydrogen-bond donors (Lipinski definition) is 1. The largest absolute Gasteiger partial charge is 0.444 e. The van der Waals surface area contributed by atoms with Crippen molar-refractivity contribution in [3.05, 3.63) is 108 Å². The summed E-state index contributed by atoms with van der Waals surface area (Å²) in [6.45, 7) is 14.2. The monoisotopic (exact) mass is 690 g/mol. The minimum absolute atomic E-state index is 0.0545. The fourth-order valence-electron chi connectivity index (χ4n) is 5.45. The van der Waals surface area contributed by atoms with E-state index < -0.39 is 35.7 Å². The number of ether oxygens (including phenoxy) is 4. The summed E-state index contributed by atoms with van der Waals surface area (Å²) in [5.41, 5.74) is 0.909. The Labute approximate surface area is 295 Å². The number of nitrogens with one attached hydrogen (secondary N) is 1. The molecule has 2 amide bonds. The van der Waals surface area contributed by atoms with Gasteiger partial charge in [-0.3, -0.25) is 4.79 Å². The van der Waals surface area contributed by atoms with Gasteiger partial charge in [0.2, 0.25) is 15.7 Å². The number of carbonyl (C=O) groups is 2. The van der Waals surface area contributed by atoms with Gasteiger partial charge in [0, 0.05) is 20.8 Å². The van der Waals surface area contributed by atoms with Crippen molar-refractivity contribution in [1.29, 1.82) is 0 Å². The van der Waals surface area contributed by atoms with Crippen LogP contribution in [0.5, 0.6) is 0 Å². The Morgan fingerprint density at radius 2 is 1.31 bits per heavy atom. The van der Waals surface area contributed by atoms with Crippen LogP contribution in [0.25, 0.3) is 0 Å². The van der Waals surface area contributed by atoms with Gasteiger partial charge in [-0.05, 0) is 55.8 Å². The van der Waals surface area contributed by atoms with Crippen LogP contribution >= 0.6 is 0 Å². The molecule has 0 fully saturated rings. The molecule has 0 unspecified atom stereocenters. The van der Waals surface area contributed by atoms with Crippen molar-refractivity contribution in [1.82, 2.24) is 10.2 Å². The van der Waals surface area contributed by atoms with Crippen LogP contribution in [0.4, 0.5) is 4.79 Å².